The molecule has 0 aromatic heterocycles. The topological polar surface area (TPSA) is 78.8 Å². The van der Waals surface area contributed by atoms with Crippen molar-refractivity contribution in [2.24, 2.45) is 4.99 Å². The highest BCUT2D eigenvalue weighted by Gasteiger charge is 2.46. The van der Waals surface area contributed by atoms with Crippen molar-refractivity contribution < 1.29 is 26.4 Å². The molecule has 0 saturated heterocycles. The molecule has 1 N–H and O–H groups in total. The molecule has 32 heavy (non-hydrogen) atoms. The first-order valence-electron chi connectivity index (χ1n) is 10.0. The van der Waals surface area contributed by atoms with Crippen molar-refractivity contribution in [3.05, 3.63) is 54.1 Å². The number of alkyl halides is 3. The number of aliphatic imine (C=N–C) groups is 1. The predicted molar refractivity (Wildman–Crippen MR) is 117 cm³/mol. The normalized spacial score (nSPS) is 16.2. The number of sulfonamides is 1. The zero-order chi connectivity index (χ0) is 23.7. The molecule has 1 aliphatic heterocycles. The van der Waals surface area contributed by atoms with E-state index in [9.17, 15) is 26.4 Å². The average Bonchev–Trinajstić information content (AvgIpc) is 2.91. The number of para-hydroxylation sites is 1. The SMILES string of the molecule is CCCC1=NC(=O)C(C)(C)N1Cc1ccc(-c2ccccc2NS(=O)(=O)C(F)(F)F)cc1. The number of hydrogen-bond donors (Lipinski definition) is 1. The summed E-state index contributed by atoms with van der Waals surface area (Å²) in [4.78, 5) is 18.4. The zero-order valence-electron chi connectivity index (χ0n) is 17.9. The number of nitrogens with one attached hydrogen (secondary N) is 1. The van der Waals surface area contributed by atoms with Crippen molar-refractivity contribution in [1.29, 1.82) is 0 Å². The number of nitrogens with zero attached hydrogens (tertiary/aromatic N) is 2. The number of carbonyl (C=O) groups is 1. The third kappa shape index (κ3) is 4.64. The summed E-state index contributed by atoms with van der Waals surface area (Å²) in [5.41, 5.74) is -4.59. The molecule has 6 nitrogen and oxygen atoms in total. The van der Waals surface area contributed by atoms with E-state index in [4.69, 9.17) is 0 Å². The van der Waals surface area contributed by atoms with Gasteiger partial charge in [0.2, 0.25) is 0 Å². The number of amides is 1. The van der Waals surface area contributed by atoms with Crippen molar-refractivity contribution >= 4 is 27.5 Å². The molecule has 172 valence electrons. The minimum Gasteiger partial charge on any atom is -0.341 e. The van der Waals surface area contributed by atoms with E-state index in [0.29, 0.717) is 24.1 Å². The predicted octanol–water partition coefficient (Wildman–Crippen LogP) is 4.93. The largest absolute Gasteiger partial charge is 0.516 e. The van der Waals surface area contributed by atoms with Crippen LogP contribution in [0.1, 0.15) is 39.2 Å². The highest BCUT2D eigenvalue weighted by molar-refractivity contribution is 7.93. The van der Waals surface area contributed by atoms with E-state index in [1.54, 1.807) is 35.1 Å². The molecule has 3 rings (SSSR count). The third-order valence-electron chi connectivity index (χ3n) is 5.30. The summed E-state index contributed by atoms with van der Waals surface area (Å²) in [5, 5.41) is 0. The Morgan fingerprint density at radius 1 is 1.06 bits per heavy atom. The molecule has 0 saturated carbocycles. The lowest BCUT2D eigenvalue weighted by Gasteiger charge is -2.32. The molecular formula is C22H24F3N3O3S. The number of halogens is 3. The van der Waals surface area contributed by atoms with Crippen LogP contribution in [0.15, 0.2) is 53.5 Å². The molecule has 2 aromatic rings. The van der Waals surface area contributed by atoms with Gasteiger partial charge in [-0.2, -0.15) is 26.6 Å². The van der Waals surface area contributed by atoms with Crippen LogP contribution in [-0.4, -0.2) is 36.1 Å². The van der Waals surface area contributed by atoms with Crippen LogP contribution in [0.2, 0.25) is 0 Å². The van der Waals surface area contributed by atoms with Gasteiger partial charge in [-0.3, -0.25) is 9.52 Å². The highest BCUT2D eigenvalue weighted by Crippen LogP contribution is 2.33. The van der Waals surface area contributed by atoms with Gasteiger partial charge in [0.1, 0.15) is 11.4 Å². The van der Waals surface area contributed by atoms with Gasteiger partial charge in [0, 0.05) is 18.5 Å². The molecule has 0 spiro atoms. The minimum absolute atomic E-state index is 0.166. The molecule has 2 aromatic carbocycles. The summed E-state index contributed by atoms with van der Waals surface area (Å²) >= 11 is 0. The Bertz CT molecular complexity index is 1140. The Hall–Kier alpha value is -2.88. The van der Waals surface area contributed by atoms with Crippen LogP contribution in [-0.2, 0) is 21.4 Å². The first kappa shape index (κ1) is 23.8. The summed E-state index contributed by atoms with van der Waals surface area (Å²) in [5.74, 6) is 0.543. The van der Waals surface area contributed by atoms with E-state index in [0.717, 1.165) is 17.8 Å². The smallest absolute Gasteiger partial charge is 0.341 e. The summed E-state index contributed by atoms with van der Waals surface area (Å²) in [6.45, 7) is 6.09. The maximum absolute atomic E-state index is 12.8. The van der Waals surface area contributed by atoms with E-state index in [-0.39, 0.29) is 11.6 Å². The van der Waals surface area contributed by atoms with E-state index < -0.39 is 21.1 Å². The zero-order valence-corrected chi connectivity index (χ0v) is 18.7. The van der Waals surface area contributed by atoms with E-state index in [1.807, 2.05) is 25.7 Å². The number of rotatable bonds is 7. The van der Waals surface area contributed by atoms with E-state index in [1.165, 1.54) is 18.2 Å². The van der Waals surface area contributed by atoms with Gasteiger partial charge in [-0.05, 0) is 37.5 Å². The molecule has 0 aliphatic carbocycles. The van der Waals surface area contributed by atoms with Gasteiger partial charge >= 0.3 is 15.5 Å². The van der Waals surface area contributed by atoms with Gasteiger partial charge in [0.05, 0.1) is 5.69 Å². The summed E-state index contributed by atoms with van der Waals surface area (Å²) in [6.07, 6.45) is 1.53. The van der Waals surface area contributed by atoms with Crippen molar-refractivity contribution in [3.63, 3.8) is 0 Å². The molecule has 1 aliphatic rings. The lowest BCUT2D eigenvalue weighted by molar-refractivity contribution is -0.124. The quantitative estimate of drug-likeness (QED) is 0.626. The Morgan fingerprint density at radius 3 is 2.28 bits per heavy atom. The Labute approximate surface area is 185 Å². The Balaban J connectivity index is 1.86. The standard InChI is InChI=1S/C22H24F3N3O3S/c1-4-7-19-26-20(29)21(2,3)28(19)14-15-10-12-16(13-11-15)17-8-5-6-9-18(17)27-32(30,31)22(23,24)25/h5-6,8-13,27H,4,7,14H2,1-3H3. The van der Waals surface area contributed by atoms with Crippen LogP contribution in [0.5, 0.6) is 0 Å². The number of hydrogen-bond acceptors (Lipinski definition) is 4. The van der Waals surface area contributed by atoms with Gasteiger partial charge in [-0.15, -0.1) is 0 Å². The van der Waals surface area contributed by atoms with Gasteiger partial charge in [0.15, 0.2) is 0 Å². The third-order valence-corrected chi connectivity index (χ3v) is 6.39. The Morgan fingerprint density at radius 2 is 1.69 bits per heavy atom. The molecule has 0 bridgehead atoms. The molecule has 0 unspecified atom stereocenters. The van der Waals surface area contributed by atoms with Gasteiger partial charge < -0.3 is 4.90 Å². The van der Waals surface area contributed by atoms with Gasteiger partial charge in [-0.25, -0.2) is 0 Å². The minimum atomic E-state index is -5.54. The van der Waals surface area contributed by atoms with Crippen LogP contribution in [0, 0.1) is 0 Å². The second kappa shape index (κ2) is 8.57. The van der Waals surface area contributed by atoms with Crippen LogP contribution in [0.3, 0.4) is 0 Å². The fraction of sp³-hybridized carbons (Fsp3) is 0.364. The monoisotopic (exact) mass is 467 g/mol. The maximum atomic E-state index is 12.8. The van der Waals surface area contributed by atoms with Crippen LogP contribution in [0.4, 0.5) is 18.9 Å². The second-order valence-electron chi connectivity index (χ2n) is 8.02. The second-order valence-corrected chi connectivity index (χ2v) is 9.70. The summed E-state index contributed by atoms with van der Waals surface area (Å²) in [7, 11) is -5.54. The van der Waals surface area contributed by atoms with E-state index >= 15 is 0 Å². The van der Waals surface area contributed by atoms with Crippen LogP contribution < -0.4 is 4.72 Å². The number of benzene rings is 2. The molecule has 1 amide bonds. The van der Waals surface area contributed by atoms with Gasteiger partial charge in [-0.1, -0.05) is 49.4 Å². The average molecular weight is 468 g/mol. The lowest BCUT2D eigenvalue weighted by Crippen LogP contribution is -2.46. The lowest BCUT2D eigenvalue weighted by atomic mass is 10.00. The van der Waals surface area contributed by atoms with Crippen molar-refractivity contribution in [2.45, 2.75) is 51.2 Å². The first-order valence-corrected chi connectivity index (χ1v) is 11.5. The number of carbonyl (C=O) groups excluding carboxylic acids is 1. The molecule has 0 fully saturated rings. The van der Waals surface area contributed by atoms with Crippen molar-refractivity contribution in [1.82, 2.24) is 4.90 Å². The number of amidine groups is 1. The summed E-state index contributed by atoms with van der Waals surface area (Å²) < 4.78 is 63.1. The van der Waals surface area contributed by atoms with E-state index in [2.05, 4.69) is 4.99 Å². The molecular weight excluding hydrogens is 443 g/mol. The molecule has 10 heteroatoms. The van der Waals surface area contributed by atoms with Crippen molar-refractivity contribution in [2.75, 3.05) is 4.72 Å². The molecule has 1 heterocycles. The van der Waals surface area contributed by atoms with Crippen LogP contribution in [0.25, 0.3) is 11.1 Å². The fourth-order valence-corrected chi connectivity index (χ4v) is 4.04. The van der Waals surface area contributed by atoms with Crippen LogP contribution >= 0.6 is 0 Å². The highest BCUT2D eigenvalue weighted by atomic mass is 32.2. The summed E-state index contributed by atoms with van der Waals surface area (Å²) in [6, 6.07) is 12.9. The van der Waals surface area contributed by atoms with Crippen molar-refractivity contribution in [3.8, 4) is 11.1 Å². The van der Waals surface area contributed by atoms with Gasteiger partial charge in [0.25, 0.3) is 5.91 Å². The molecule has 0 atom stereocenters. The fourth-order valence-electron chi connectivity index (χ4n) is 3.45. The Kier molecular flexibility index (Phi) is 6.37. The first-order chi connectivity index (χ1) is 14.9. The maximum Gasteiger partial charge on any atom is 0.516 e. The number of anilines is 1. The molecule has 0 radical (unpaired) electrons.